The van der Waals surface area contributed by atoms with Gasteiger partial charge in [0, 0.05) is 38.1 Å². The number of aromatic nitrogens is 1. The molecular weight excluding hydrogens is 364 g/mol. The van der Waals surface area contributed by atoms with Gasteiger partial charge in [-0.3, -0.25) is 0 Å². The average Bonchev–Trinajstić information content (AvgIpc) is 2.94. The summed E-state index contributed by atoms with van der Waals surface area (Å²) < 4.78 is 4.99. The van der Waals surface area contributed by atoms with Crippen molar-refractivity contribution >= 4 is 29.1 Å². The first-order valence-corrected chi connectivity index (χ1v) is 9.33. The van der Waals surface area contributed by atoms with Gasteiger partial charge < -0.3 is 14.5 Å². The Kier molecular flexibility index (Phi) is 6.15. The Morgan fingerprint density at radius 1 is 1.22 bits per heavy atom. The normalized spacial score (nSPS) is 14.4. The summed E-state index contributed by atoms with van der Waals surface area (Å²) in [4.78, 5) is 20.7. The highest BCUT2D eigenvalue weighted by Crippen LogP contribution is 2.25. The molecule has 1 fully saturated rings. The van der Waals surface area contributed by atoms with Crippen molar-refractivity contribution in [1.29, 1.82) is 5.26 Å². The Morgan fingerprint density at radius 3 is 2.67 bits per heavy atom. The summed E-state index contributed by atoms with van der Waals surface area (Å²) in [6.07, 6.45) is 2.54. The molecule has 140 valence electrons. The number of hydrogen-bond acceptors (Lipinski definition) is 6. The van der Waals surface area contributed by atoms with E-state index >= 15 is 0 Å². The summed E-state index contributed by atoms with van der Waals surface area (Å²) in [7, 11) is 0. The third kappa shape index (κ3) is 4.50. The number of benzene rings is 1. The number of nitrogens with zero attached hydrogens (tertiary/aromatic N) is 4. The lowest BCUT2D eigenvalue weighted by Gasteiger charge is -2.24. The predicted molar refractivity (Wildman–Crippen MR) is 105 cm³/mol. The summed E-state index contributed by atoms with van der Waals surface area (Å²) in [5, 5.41) is 9.50. The molecule has 0 atom stereocenters. The number of nitriles is 1. The fourth-order valence-corrected chi connectivity index (χ4v) is 3.32. The molecule has 0 unspecified atom stereocenters. The molecule has 2 aromatic rings. The fourth-order valence-electron chi connectivity index (χ4n) is 3.10. The Morgan fingerprint density at radius 2 is 2.00 bits per heavy atom. The number of ether oxygens (including phenoxy) is 1. The molecule has 0 radical (unpaired) electrons. The highest BCUT2D eigenvalue weighted by Gasteiger charge is 2.18. The minimum atomic E-state index is -0.351. The summed E-state index contributed by atoms with van der Waals surface area (Å²) in [6.45, 7) is 5.55. The molecule has 3 rings (SSSR count). The number of carbonyl (C=O) groups excluding carboxylic acids is 1. The number of hydrogen-bond donors (Lipinski definition) is 0. The molecule has 0 saturated carbocycles. The molecule has 1 aliphatic heterocycles. The van der Waals surface area contributed by atoms with Crippen molar-refractivity contribution in [3.8, 4) is 6.07 Å². The van der Waals surface area contributed by atoms with E-state index in [1.54, 1.807) is 25.3 Å². The standard InChI is InChI=1S/C20H21ClN4O2/c1-2-27-20(26)16-5-7-19(23-14-16)25-9-3-8-24(10-11-25)17-6-4-15(13-22)18(21)12-17/h4-7,12,14H,2-3,8-11H2,1H3. The van der Waals surface area contributed by atoms with Gasteiger partial charge >= 0.3 is 5.97 Å². The maximum absolute atomic E-state index is 11.7. The molecule has 1 aromatic heterocycles. The lowest BCUT2D eigenvalue weighted by molar-refractivity contribution is 0.0526. The van der Waals surface area contributed by atoms with Gasteiger partial charge in [-0.25, -0.2) is 9.78 Å². The van der Waals surface area contributed by atoms with Crippen LogP contribution in [0.3, 0.4) is 0 Å². The second kappa shape index (κ2) is 8.74. The maximum atomic E-state index is 11.7. The highest BCUT2D eigenvalue weighted by atomic mass is 35.5. The van der Waals surface area contributed by atoms with Crippen molar-refractivity contribution in [3.05, 3.63) is 52.7 Å². The van der Waals surface area contributed by atoms with Gasteiger partial charge in [0.2, 0.25) is 0 Å². The average molecular weight is 385 g/mol. The minimum absolute atomic E-state index is 0.349. The van der Waals surface area contributed by atoms with Crippen molar-refractivity contribution in [2.75, 3.05) is 42.6 Å². The third-order valence-electron chi connectivity index (χ3n) is 4.52. The van der Waals surface area contributed by atoms with Gasteiger partial charge in [-0.15, -0.1) is 0 Å². The van der Waals surface area contributed by atoms with Crippen LogP contribution < -0.4 is 9.80 Å². The minimum Gasteiger partial charge on any atom is -0.462 e. The van der Waals surface area contributed by atoms with E-state index in [9.17, 15) is 4.79 Å². The van der Waals surface area contributed by atoms with Gasteiger partial charge in [0.15, 0.2) is 0 Å². The van der Waals surface area contributed by atoms with E-state index in [1.165, 1.54) is 0 Å². The molecule has 1 aliphatic rings. The van der Waals surface area contributed by atoms with E-state index in [0.717, 1.165) is 44.1 Å². The molecule has 0 amide bonds. The first kappa shape index (κ1) is 19.0. The Labute approximate surface area is 163 Å². The lowest BCUT2D eigenvalue weighted by atomic mass is 10.2. The van der Waals surface area contributed by atoms with Crippen molar-refractivity contribution in [1.82, 2.24) is 4.98 Å². The number of anilines is 2. The molecule has 7 heteroatoms. The van der Waals surface area contributed by atoms with Gasteiger partial charge in [0.1, 0.15) is 11.9 Å². The van der Waals surface area contributed by atoms with Crippen LogP contribution in [0.25, 0.3) is 0 Å². The number of carbonyl (C=O) groups is 1. The van der Waals surface area contributed by atoms with Gasteiger partial charge in [-0.2, -0.15) is 5.26 Å². The molecule has 6 nitrogen and oxygen atoms in total. The van der Waals surface area contributed by atoms with Crippen LogP contribution in [0.4, 0.5) is 11.5 Å². The summed E-state index contributed by atoms with van der Waals surface area (Å²) in [5.41, 5.74) is 1.97. The van der Waals surface area contributed by atoms with E-state index in [-0.39, 0.29) is 5.97 Å². The smallest absolute Gasteiger partial charge is 0.339 e. The topological polar surface area (TPSA) is 69.5 Å². The molecule has 2 heterocycles. The highest BCUT2D eigenvalue weighted by molar-refractivity contribution is 6.32. The van der Waals surface area contributed by atoms with Crippen molar-refractivity contribution in [2.24, 2.45) is 0 Å². The summed E-state index contributed by atoms with van der Waals surface area (Å²) in [5.74, 6) is 0.499. The largest absolute Gasteiger partial charge is 0.462 e. The first-order valence-electron chi connectivity index (χ1n) is 8.95. The molecule has 0 spiro atoms. The van der Waals surface area contributed by atoms with Crippen molar-refractivity contribution < 1.29 is 9.53 Å². The van der Waals surface area contributed by atoms with E-state index in [4.69, 9.17) is 21.6 Å². The van der Waals surface area contributed by atoms with E-state index in [2.05, 4.69) is 20.9 Å². The Hall–Kier alpha value is -2.78. The summed E-state index contributed by atoms with van der Waals surface area (Å²) >= 11 is 6.17. The van der Waals surface area contributed by atoms with Crippen LogP contribution >= 0.6 is 11.6 Å². The fraction of sp³-hybridized carbons (Fsp3) is 0.350. The zero-order valence-electron chi connectivity index (χ0n) is 15.2. The Bertz CT molecular complexity index is 848. The van der Waals surface area contributed by atoms with Gasteiger partial charge in [0.25, 0.3) is 0 Å². The van der Waals surface area contributed by atoms with E-state index < -0.39 is 0 Å². The molecule has 0 N–H and O–H groups in total. The third-order valence-corrected chi connectivity index (χ3v) is 4.83. The Balaban J connectivity index is 1.67. The van der Waals surface area contributed by atoms with Crippen LogP contribution in [0.1, 0.15) is 29.3 Å². The first-order chi connectivity index (χ1) is 13.1. The molecule has 27 heavy (non-hydrogen) atoms. The number of rotatable bonds is 4. The van der Waals surface area contributed by atoms with Crippen LogP contribution in [-0.2, 0) is 4.74 Å². The maximum Gasteiger partial charge on any atom is 0.339 e. The predicted octanol–water partition coefficient (Wildman–Crippen LogP) is 3.50. The quantitative estimate of drug-likeness (QED) is 0.751. The van der Waals surface area contributed by atoms with Crippen LogP contribution in [-0.4, -0.2) is 43.7 Å². The molecule has 0 bridgehead atoms. The van der Waals surface area contributed by atoms with Gasteiger partial charge in [-0.1, -0.05) is 11.6 Å². The second-order valence-electron chi connectivity index (χ2n) is 6.23. The zero-order valence-corrected chi connectivity index (χ0v) is 15.9. The molecule has 1 aromatic carbocycles. The monoisotopic (exact) mass is 384 g/mol. The van der Waals surface area contributed by atoms with Gasteiger partial charge in [0.05, 0.1) is 22.8 Å². The second-order valence-corrected chi connectivity index (χ2v) is 6.64. The van der Waals surface area contributed by atoms with Crippen LogP contribution in [0.5, 0.6) is 0 Å². The van der Waals surface area contributed by atoms with E-state index in [1.807, 2.05) is 18.2 Å². The number of pyridine rings is 1. The van der Waals surface area contributed by atoms with Crippen molar-refractivity contribution in [2.45, 2.75) is 13.3 Å². The molecule has 1 saturated heterocycles. The lowest BCUT2D eigenvalue weighted by Crippen LogP contribution is -2.31. The summed E-state index contributed by atoms with van der Waals surface area (Å²) in [6, 6.07) is 11.2. The van der Waals surface area contributed by atoms with Crippen molar-refractivity contribution in [3.63, 3.8) is 0 Å². The zero-order chi connectivity index (χ0) is 19.2. The van der Waals surface area contributed by atoms with E-state index in [0.29, 0.717) is 22.8 Å². The number of esters is 1. The van der Waals surface area contributed by atoms with Crippen LogP contribution in [0.2, 0.25) is 5.02 Å². The number of halogens is 1. The van der Waals surface area contributed by atoms with Gasteiger partial charge in [-0.05, 0) is 43.7 Å². The SMILES string of the molecule is CCOC(=O)c1ccc(N2CCCN(c3ccc(C#N)c(Cl)c3)CC2)nc1. The molecule has 0 aliphatic carbocycles. The van der Waals surface area contributed by atoms with Crippen LogP contribution in [0, 0.1) is 11.3 Å². The molecular formula is C20H21ClN4O2. The van der Waals surface area contributed by atoms with Crippen LogP contribution in [0.15, 0.2) is 36.5 Å².